The topological polar surface area (TPSA) is 261 Å². The monoisotopic (exact) mass is 953 g/mol. The number of carbonyl (C=O) groups excluding carboxylic acids is 1. The molecule has 15 heteroatoms. The third kappa shape index (κ3) is 7.06. The van der Waals surface area contributed by atoms with E-state index in [1.54, 1.807) is 6.33 Å². The molecular weight excluding hydrogens is 869 g/mol. The second-order valence-electron chi connectivity index (χ2n) is 24.8. The maximum atomic E-state index is 14.8. The number of ether oxygens (including phenoxy) is 2. The fraction of sp³-hybridized carbons (Fsp3) is 0.868. The van der Waals surface area contributed by atoms with Gasteiger partial charge in [0.1, 0.15) is 18.3 Å². The summed E-state index contributed by atoms with van der Waals surface area (Å²) in [5.41, 5.74) is 3.75. The number of hydrogen-bond acceptors (Lipinski definition) is 12. The van der Waals surface area contributed by atoms with Crippen molar-refractivity contribution in [2.24, 2.45) is 79.1 Å². The molecule has 6 aliphatic carbocycles. The molecule has 1 spiro atoms. The van der Waals surface area contributed by atoms with Crippen LogP contribution in [0.4, 0.5) is 0 Å². The van der Waals surface area contributed by atoms with Gasteiger partial charge in [0.2, 0.25) is 5.91 Å². The predicted molar refractivity (Wildman–Crippen MR) is 252 cm³/mol. The molecule has 5 saturated carbocycles. The zero-order valence-corrected chi connectivity index (χ0v) is 41.5. The number of carbonyl (C=O) groups is 2. The molecule has 15 nitrogen and oxygen atoms in total. The molecular formula is C53H84N4O11. The van der Waals surface area contributed by atoms with Gasteiger partial charge in [0.05, 0.1) is 42.6 Å². The number of fused-ring (bicyclic) bond motifs is 7. The number of carboxylic acid groups (broad SMARTS) is 1. The van der Waals surface area contributed by atoms with Crippen molar-refractivity contribution < 1.29 is 54.8 Å². The molecule has 11 N–H and O–H groups in total. The van der Waals surface area contributed by atoms with Crippen LogP contribution in [0, 0.1) is 73.4 Å². The molecule has 7 fully saturated rings. The average Bonchev–Trinajstić information content (AvgIpc) is 4.09. The van der Waals surface area contributed by atoms with Gasteiger partial charge in [-0.2, -0.15) is 0 Å². The second-order valence-corrected chi connectivity index (χ2v) is 24.8. The summed E-state index contributed by atoms with van der Waals surface area (Å²) >= 11 is 0. The fourth-order valence-corrected chi connectivity index (χ4v) is 18.3. The van der Waals surface area contributed by atoms with Crippen molar-refractivity contribution in [1.29, 1.82) is 0 Å². The number of aliphatic carboxylic acids is 1. The van der Waals surface area contributed by atoms with Crippen molar-refractivity contribution in [3.63, 3.8) is 0 Å². The van der Waals surface area contributed by atoms with E-state index >= 15 is 0 Å². The first kappa shape index (κ1) is 50.5. The highest BCUT2D eigenvalue weighted by Gasteiger charge is 2.75. The lowest BCUT2D eigenvalue weighted by atomic mass is 9.30. The Morgan fingerprint density at radius 3 is 2.32 bits per heavy atom. The number of amides is 1. The molecule has 3 heterocycles. The number of hydrogen-bond donors (Lipinski definition) is 10. The highest BCUT2D eigenvalue weighted by Crippen LogP contribution is 2.79. The van der Waals surface area contributed by atoms with E-state index in [2.05, 4.69) is 56.0 Å². The minimum Gasteiger partial charge on any atom is -0.481 e. The predicted octanol–water partition coefficient (Wildman–Crippen LogP) is 4.79. The maximum Gasteiger partial charge on any atom is 0.310 e. The van der Waals surface area contributed by atoms with Crippen LogP contribution in [0.3, 0.4) is 0 Å². The van der Waals surface area contributed by atoms with Crippen molar-refractivity contribution in [3.05, 3.63) is 29.9 Å². The van der Waals surface area contributed by atoms with Crippen molar-refractivity contribution in [3.8, 4) is 0 Å². The summed E-state index contributed by atoms with van der Waals surface area (Å²) in [7, 11) is 0. The average molecular weight is 953 g/mol. The van der Waals surface area contributed by atoms with E-state index in [4.69, 9.17) is 15.2 Å². The molecule has 8 aliphatic rings. The molecule has 0 radical (unpaired) electrons. The summed E-state index contributed by atoms with van der Waals surface area (Å²) < 4.78 is 12.7. The lowest BCUT2D eigenvalue weighted by Gasteiger charge is -2.74. The maximum absolute atomic E-state index is 14.8. The van der Waals surface area contributed by atoms with Crippen LogP contribution in [0.1, 0.15) is 149 Å². The van der Waals surface area contributed by atoms with Crippen molar-refractivity contribution in [2.45, 2.75) is 187 Å². The first-order valence-corrected chi connectivity index (χ1v) is 26.4. The number of rotatable bonds is 13. The van der Waals surface area contributed by atoms with E-state index in [9.17, 15) is 45.3 Å². The Hall–Kier alpha value is -2.47. The molecule has 0 aromatic carbocycles. The van der Waals surface area contributed by atoms with E-state index in [0.717, 1.165) is 57.1 Å². The smallest absolute Gasteiger partial charge is 0.310 e. The van der Waals surface area contributed by atoms with Crippen molar-refractivity contribution >= 4 is 11.9 Å². The van der Waals surface area contributed by atoms with Gasteiger partial charge >= 0.3 is 5.97 Å². The normalized spacial score (nSPS) is 49.0. The molecule has 20 atom stereocenters. The molecule has 20 unspecified atom stereocenters. The van der Waals surface area contributed by atoms with Gasteiger partial charge in [-0.1, -0.05) is 72.5 Å². The van der Waals surface area contributed by atoms with E-state index in [1.807, 2.05) is 13.1 Å². The van der Waals surface area contributed by atoms with Gasteiger partial charge in [0.15, 0.2) is 6.29 Å². The van der Waals surface area contributed by atoms with Crippen LogP contribution in [0.5, 0.6) is 0 Å². The molecule has 68 heavy (non-hydrogen) atoms. The van der Waals surface area contributed by atoms with Crippen LogP contribution in [-0.2, 0) is 19.1 Å². The SMILES string of the molecule is CCC1CC2(C(=O)O)CCC(C)(CO)CC2C2=CCC3C4(C)C(CC5C(C(CCCN)c6cnc[nH]6)NC(=O)C56CCCC6)C(O)C(OC5OCC(O)C(O)C5O)C(C)(CO)C4CCC3(C)C21C. The van der Waals surface area contributed by atoms with Crippen molar-refractivity contribution in [1.82, 2.24) is 15.3 Å². The standard InChI is InChI=1S/C53H84N4O11/c1-7-29-22-53(46(65)66)19-18-47(2,26-58)23-34(53)31-12-13-38-49(4,51(29,31)6)17-14-37-48(3,27-59)43(68-44-42(63)41(62)36(60)25-67-44)40(61)33(50(37,38)5)21-32-39(57-45(64)52(32)15-8-9-16-52)30(11-10-20-54)35-24-55-28-56-35/h12,24,28-30,32-34,36-44,58-63H,7-11,13-23,25-27,54H2,1-6H3,(H,55,56)(H,57,64)(H,65,66). The number of aromatic amines is 1. The Morgan fingerprint density at radius 2 is 1.69 bits per heavy atom. The number of allylic oxidation sites excluding steroid dienone is 2. The minimum atomic E-state index is -1.61. The number of aliphatic hydroxyl groups excluding tert-OH is 6. The van der Waals surface area contributed by atoms with E-state index in [0.29, 0.717) is 51.5 Å². The molecule has 9 rings (SSSR count). The van der Waals surface area contributed by atoms with E-state index < -0.39 is 81.2 Å². The number of aliphatic hydroxyl groups is 6. The third-order valence-electron chi connectivity index (χ3n) is 22.2. The Labute approximate surface area is 402 Å². The lowest BCUT2D eigenvalue weighted by Crippen LogP contribution is -2.73. The number of nitrogens with two attached hydrogens (primary N) is 1. The number of H-pyrrole nitrogens is 1. The van der Waals surface area contributed by atoms with Crippen LogP contribution < -0.4 is 11.1 Å². The third-order valence-corrected chi connectivity index (χ3v) is 22.2. The van der Waals surface area contributed by atoms with Crippen LogP contribution >= 0.6 is 0 Å². The van der Waals surface area contributed by atoms with Crippen LogP contribution in [-0.4, -0.2) is 127 Å². The fourth-order valence-electron chi connectivity index (χ4n) is 18.3. The number of carboxylic acids is 1. The molecule has 1 aromatic heterocycles. The highest BCUT2D eigenvalue weighted by atomic mass is 16.7. The number of nitrogens with one attached hydrogen (secondary N) is 2. The minimum absolute atomic E-state index is 0.000474. The molecule has 1 amide bonds. The summed E-state index contributed by atoms with van der Waals surface area (Å²) in [4.78, 5) is 36.3. The Bertz CT molecular complexity index is 2050. The lowest BCUT2D eigenvalue weighted by molar-refractivity contribution is -0.341. The quantitative estimate of drug-likeness (QED) is 0.0944. The summed E-state index contributed by atoms with van der Waals surface area (Å²) in [5, 5.41) is 83.6. The van der Waals surface area contributed by atoms with Crippen LogP contribution in [0.2, 0.25) is 0 Å². The van der Waals surface area contributed by atoms with E-state index in [1.165, 1.54) is 5.57 Å². The summed E-state index contributed by atoms with van der Waals surface area (Å²) in [6, 6.07) is -0.294. The molecule has 2 saturated heterocycles. The molecule has 382 valence electrons. The molecule has 1 aromatic rings. The Kier molecular flexibility index (Phi) is 13.3. The highest BCUT2D eigenvalue weighted by molar-refractivity contribution is 5.86. The van der Waals surface area contributed by atoms with Crippen molar-refractivity contribution in [2.75, 3.05) is 26.4 Å². The number of imidazole rings is 1. The molecule has 2 aliphatic heterocycles. The van der Waals surface area contributed by atoms with Gasteiger partial charge in [-0.25, -0.2) is 4.98 Å². The Morgan fingerprint density at radius 1 is 0.956 bits per heavy atom. The van der Waals surface area contributed by atoms with Crippen LogP contribution in [0.15, 0.2) is 24.2 Å². The largest absolute Gasteiger partial charge is 0.481 e. The van der Waals surface area contributed by atoms with Gasteiger partial charge in [-0.15, -0.1) is 0 Å². The van der Waals surface area contributed by atoms with E-state index in [-0.39, 0.29) is 72.7 Å². The van der Waals surface area contributed by atoms with Crippen LogP contribution in [0.25, 0.3) is 0 Å². The summed E-state index contributed by atoms with van der Waals surface area (Å²) in [6.45, 7) is 13.3. The van der Waals surface area contributed by atoms with Gasteiger partial charge in [0.25, 0.3) is 0 Å². The second kappa shape index (κ2) is 17.9. The first-order chi connectivity index (χ1) is 32.2. The summed E-state index contributed by atoms with van der Waals surface area (Å²) in [5.74, 6) is -1.99. The number of nitrogens with zero attached hydrogens (tertiary/aromatic N) is 1. The zero-order valence-electron chi connectivity index (χ0n) is 41.5. The number of aromatic nitrogens is 2. The molecule has 0 bridgehead atoms. The van der Waals surface area contributed by atoms with Gasteiger partial charge < -0.3 is 61.3 Å². The van der Waals surface area contributed by atoms with Gasteiger partial charge in [-0.3, -0.25) is 9.59 Å². The van der Waals surface area contributed by atoms with Gasteiger partial charge in [0, 0.05) is 35.9 Å². The summed E-state index contributed by atoms with van der Waals surface area (Å²) in [6.07, 6.45) is 8.22. The van der Waals surface area contributed by atoms with Gasteiger partial charge in [-0.05, 0) is 141 Å². The Balaban J connectivity index is 1.21. The first-order valence-electron chi connectivity index (χ1n) is 26.4. The zero-order chi connectivity index (χ0) is 49.0.